The summed E-state index contributed by atoms with van der Waals surface area (Å²) in [5.41, 5.74) is 4.49. The molecule has 0 saturated heterocycles. The van der Waals surface area contributed by atoms with Crippen molar-refractivity contribution in [2.75, 3.05) is 19.7 Å². The van der Waals surface area contributed by atoms with Gasteiger partial charge in [0.1, 0.15) is 19.2 Å². The van der Waals surface area contributed by atoms with Gasteiger partial charge in [-0.15, -0.1) is 0 Å². The van der Waals surface area contributed by atoms with Crippen molar-refractivity contribution in [1.29, 1.82) is 0 Å². The van der Waals surface area contributed by atoms with Crippen LogP contribution >= 0.6 is 0 Å². The first-order valence-corrected chi connectivity index (χ1v) is 11.5. The number of aliphatic carboxylic acids is 1. The van der Waals surface area contributed by atoms with Crippen molar-refractivity contribution < 1.29 is 24.2 Å². The van der Waals surface area contributed by atoms with Crippen LogP contribution in [0.2, 0.25) is 0 Å². The Kier molecular flexibility index (Phi) is 8.09. The van der Waals surface area contributed by atoms with Crippen LogP contribution in [-0.2, 0) is 14.3 Å². The van der Waals surface area contributed by atoms with Crippen molar-refractivity contribution >= 4 is 18.0 Å². The number of nitrogens with one attached hydrogen (secondary N) is 1. The molecule has 2 unspecified atom stereocenters. The average molecular weight is 453 g/mol. The minimum Gasteiger partial charge on any atom is -0.480 e. The summed E-state index contributed by atoms with van der Waals surface area (Å²) in [6, 6.07) is 15.3. The van der Waals surface area contributed by atoms with Gasteiger partial charge < -0.3 is 20.1 Å². The Bertz CT molecular complexity index is 960. The number of hydrogen-bond donors (Lipinski definition) is 2. The molecule has 0 bridgehead atoms. The molecule has 1 aliphatic rings. The molecule has 7 nitrogen and oxygen atoms in total. The van der Waals surface area contributed by atoms with Crippen LogP contribution in [0.15, 0.2) is 48.5 Å². The lowest BCUT2D eigenvalue weighted by Crippen LogP contribution is -2.50. The van der Waals surface area contributed by atoms with Crippen molar-refractivity contribution in [3.8, 4) is 11.1 Å². The number of alkyl carbamates (subject to hydrolysis) is 1. The number of carboxylic acid groups (broad SMARTS) is 1. The average Bonchev–Trinajstić information content (AvgIpc) is 3.13. The number of nitrogens with zero attached hydrogens (tertiary/aromatic N) is 1. The maximum absolute atomic E-state index is 13.0. The van der Waals surface area contributed by atoms with Crippen molar-refractivity contribution in [3.63, 3.8) is 0 Å². The third-order valence-corrected chi connectivity index (χ3v) is 6.29. The second kappa shape index (κ2) is 11.0. The summed E-state index contributed by atoms with van der Waals surface area (Å²) in [7, 11) is 0. The molecule has 2 atom stereocenters. The first kappa shape index (κ1) is 24.3. The Balaban J connectivity index is 1.70. The van der Waals surface area contributed by atoms with Crippen LogP contribution in [0, 0.1) is 5.92 Å². The lowest BCUT2D eigenvalue weighted by molar-refractivity contribution is -0.145. The summed E-state index contributed by atoms with van der Waals surface area (Å²) >= 11 is 0. The summed E-state index contributed by atoms with van der Waals surface area (Å²) in [6.07, 6.45) is 0.571. The molecule has 176 valence electrons. The summed E-state index contributed by atoms with van der Waals surface area (Å²) in [4.78, 5) is 38.1. The lowest BCUT2D eigenvalue weighted by Gasteiger charge is -2.27. The predicted octanol–water partition coefficient (Wildman–Crippen LogP) is 4.26. The molecule has 3 rings (SSSR count). The molecular weight excluding hydrogens is 420 g/mol. The molecule has 0 spiro atoms. The molecule has 2 amide bonds. The van der Waals surface area contributed by atoms with Gasteiger partial charge in [0, 0.05) is 12.5 Å². The molecule has 0 saturated carbocycles. The SMILES string of the molecule is CCC(C)CC(NC(=O)OCC1c2ccccc2-c2ccccc21)C(=O)N(CC)CC(=O)O. The van der Waals surface area contributed by atoms with Crippen LogP contribution < -0.4 is 5.32 Å². The number of amides is 2. The Morgan fingerprint density at radius 2 is 1.61 bits per heavy atom. The molecule has 0 aromatic heterocycles. The zero-order valence-corrected chi connectivity index (χ0v) is 19.4. The third-order valence-electron chi connectivity index (χ3n) is 6.29. The number of hydrogen-bond acceptors (Lipinski definition) is 4. The summed E-state index contributed by atoms with van der Waals surface area (Å²) in [6.45, 7) is 5.71. The van der Waals surface area contributed by atoms with E-state index in [-0.39, 0.29) is 25.0 Å². The number of benzene rings is 2. The van der Waals surface area contributed by atoms with E-state index in [0.29, 0.717) is 6.42 Å². The van der Waals surface area contributed by atoms with Crippen molar-refractivity contribution in [2.45, 2.75) is 45.6 Å². The molecule has 1 aliphatic carbocycles. The van der Waals surface area contributed by atoms with Gasteiger partial charge in [0.05, 0.1) is 0 Å². The quantitative estimate of drug-likeness (QED) is 0.561. The first-order chi connectivity index (χ1) is 15.8. The van der Waals surface area contributed by atoms with E-state index in [1.165, 1.54) is 4.90 Å². The molecule has 0 aliphatic heterocycles. The number of carboxylic acids is 1. The van der Waals surface area contributed by atoms with Gasteiger partial charge in [-0.3, -0.25) is 9.59 Å². The maximum Gasteiger partial charge on any atom is 0.407 e. The predicted molar refractivity (Wildman–Crippen MR) is 126 cm³/mol. The number of fused-ring (bicyclic) bond motifs is 3. The van der Waals surface area contributed by atoms with Gasteiger partial charge in [-0.2, -0.15) is 0 Å². The highest BCUT2D eigenvalue weighted by atomic mass is 16.5. The minimum atomic E-state index is -1.09. The van der Waals surface area contributed by atoms with Crippen LogP contribution in [-0.4, -0.2) is 53.7 Å². The van der Waals surface area contributed by atoms with Crippen molar-refractivity contribution in [2.24, 2.45) is 5.92 Å². The van der Waals surface area contributed by atoms with Crippen LogP contribution in [0.3, 0.4) is 0 Å². The Morgan fingerprint density at radius 1 is 1.03 bits per heavy atom. The third kappa shape index (κ3) is 5.72. The Hall–Kier alpha value is -3.35. The smallest absolute Gasteiger partial charge is 0.407 e. The fourth-order valence-corrected chi connectivity index (χ4v) is 4.30. The van der Waals surface area contributed by atoms with Gasteiger partial charge in [0.15, 0.2) is 0 Å². The minimum absolute atomic E-state index is 0.0778. The molecule has 0 heterocycles. The summed E-state index contributed by atoms with van der Waals surface area (Å²) < 4.78 is 5.59. The highest BCUT2D eigenvalue weighted by molar-refractivity contribution is 5.88. The standard InChI is InChI=1S/C26H32N2O5/c1-4-17(3)14-23(25(31)28(5-2)15-24(29)30)27-26(32)33-16-22-20-12-8-6-10-18(20)19-11-7-9-13-21(19)22/h6-13,17,22-23H,4-5,14-16H2,1-3H3,(H,27,32)(H,29,30). The molecule has 0 fully saturated rings. The second-order valence-corrected chi connectivity index (χ2v) is 8.52. The van der Waals surface area contributed by atoms with Gasteiger partial charge >= 0.3 is 12.1 Å². The monoisotopic (exact) mass is 452 g/mol. The topological polar surface area (TPSA) is 95.9 Å². The van der Waals surface area contributed by atoms with E-state index >= 15 is 0 Å². The maximum atomic E-state index is 13.0. The molecule has 2 N–H and O–H groups in total. The fourth-order valence-electron chi connectivity index (χ4n) is 4.30. The summed E-state index contributed by atoms with van der Waals surface area (Å²) in [5, 5.41) is 11.8. The Labute approximate surface area is 194 Å². The van der Waals surface area contributed by atoms with E-state index in [9.17, 15) is 14.4 Å². The van der Waals surface area contributed by atoms with E-state index in [1.54, 1.807) is 6.92 Å². The number of likely N-dealkylation sites (N-methyl/N-ethyl adjacent to an activating group) is 1. The highest BCUT2D eigenvalue weighted by Crippen LogP contribution is 2.44. The van der Waals surface area contributed by atoms with Gasteiger partial charge in [-0.1, -0.05) is 68.8 Å². The van der Waals surface area contributed by atoms with Crippen LogP contribution in [0.4, 0.5) is 4.79 Å². The zero-order chi connectivity index (χ0) is 24.0. The summed E-state index contributed by atoms with van der Waals surface area (Å²) in [5.74, 6) is -1.40. The fraction of sp³-hybridized carbons (Fsp3) is 0.423. The van der Waals surface area contributed by atoms with Crippen molar-refractivity contribution in [1.82, 2.24) is 10.2 Å². The van der Waals surface area contributed by atoms with Crippen molar-refractivity contribution in [3.05, 3.63) is 59.7 Å². The number of carbonyl (C=O) groups is 3. The van der Waals surface area contributed by atoms with Crippen LogP contribution in [0.25, 0.3) is 11.1 Å². The number of rotatable bonds is 10. The lowest BCUT2D eigenvalue weighted by atomic mass is 9.98. The van der Waals surface area contributed by atoms with Crippen LogP contribution in [0.5, 0.6) is 0 Å². The van der Waals surface area contributed by atoms with Gasteiger partial charge in [0.2, 0.25) is 5.91 Å². The Morgan fingerprint density at radius 3 is 2.12 bits per heavy atom. The molecule has 7 heteroatoms. The molecule has 2 aromatic rings. The van der Waals surface area contributed by atoms with Gasteiger partial charge in [-0.05, 0) is 41.5 Å². The molecule has 0 radical (unpaired) electrons. The normalized spacial score (nSPS) is 14.0. The zero-order valence-electron chi connectivity index (χ0n) is 19.4. The largest absolute Gasteiger partial charge is 0.480 e. The molecule has 33 heavy (non-hydrogen) atoms. The second-order valence-electron chi connectivity index (χ2n) is 8.52. The van der Waals surface area contributed by atoms with E-state index in [4.69, 9.17) is 9.84 Å². The number of carbonyl (C=O) groups excluding carboxylic acids is 2. The van der Waals surface area contributed by atoms with E-state index in [2.05, 4.69) is 17.4 Å². The van der Waals surface area contributed by atoms with Gasteiger partial charge in [0.25, 0.3) is 0 Å². The van der Waals surface area contributed by atoms with E-state index in [1.807, 2.05) is 50.2 Å². The first-order valence-electron chi connectivity index (χ1n) is 11.5. The molecular formula is C26H32N2O5. The number of ether oxygens (including phenoxy) is 1. The van der Waals surface area contributed by atoms with E-state index < -0.39 is 30.6 Å². The van der Waals surface area contributed by atoms with Crippen LogP contribution in [0.1, 0.15) is 50.7 Å². The van der Waals surface area contributed by atoms with E-state index in [0.717, 1.165) is 28.7 Å². The highest BCUT2D eigenvalue weighted by Gasteiger charge is 2.31. The van der Waals surface area contributed by atoms with Gasteiger partial charge in [-0.25, -0.2) is 4.79 Å². The molecule has 2 aromatic carbocycles.